The van der Waals surface area contributed by atoms with Gasteiger partial charge in [-0.2, -0.15) is 0 Å². The molecule has 0 aromatic heterocycles. The van der Waals surface area contributed by atoms with Crippen LogP contribution in [0.3, 0.4) is 0 Å². The lowest BCUT2D eigenvalue weighted by molar-refractivity contribution is -0.870. The molecule has 0 aliphatic rings. The van der Waals surface area contributed by atoms with Gasteiger partial charge in [-0.1, -0.05) is 261 Å². The Morgan fingerprint density at radius 1 is 0.353 bits per heavy atom. The molecule has 0 aromatic rings. The Balaban J connectivity index is 4.27. The van der Waals surface area contributed by atoms with Gasteiger partial charge in [0.25, 0.3) is 6.29 Å². The molecule has 2 unspecified atom stereocenters. The van der Waals surface area contributed by atoms with Gasteiger partial charge in [0.05, 0.1) is 34.4 Å². The van der Waals surface area contributed by atoms with Crippen molar-refractivity contribution in [1.29, 1.82) is 0 Å². The van der Waals surface area contributed by atoms with Crippen molar-refractivity contribution in [3.63, 3.8) is 0 Å². The Bertz CT molecular complexity index is 2000. The Kier molecular flexibility index (Phi) is 60.6. The van der Waals surface area contributed by atoms with E-state index in [1.54, 1.807) is 0 Å². The van der Waals surface area contributed by atoms with Crippen LogP contribution in [0.2, 0.25) is 0 Å². The third kappa shape index (κ3) is 66.0. The van der Waals surface area contributed by atoms with Crippen molar-refractivity contribution in [2.45, 2.75) is 245 Å². The Morgan fingerprint density at radius 2 is 0.635 bits per heavy atom. The molecule has 0 heterocycles. The molecule has 0 aliphatic carbocycles. The summed E-state index contributed by atoms with van der Waals surface area (Å²) in [5.41, 5.74) is 0. The zero-order chi connectivity index (χ0) is 61.9. The molecule has 0 amide bonds. The molecule has 0 bridgehead atoms. The summed E-state index contributed by atoms with van der Waals surface area (Å²) in [6.45, 7) is 4.61. The van der Waals surface area contributed by atoms with E-state index in [2.05, 4.69) is 184 Å². The molecule has 0 spiro atoms. The molecule has 478 valence electrons. The van der Waals surface area contributed by atoms with Gasteiger partial charge in [-0.3, -0.25) is 9.59 Å². The lowest BCUT2D eigenvalue weighted by Crippen LogP contribution is -2.40. The first-order valence-electron chi connectivity index (χ1n) is 33.3. The van der Waals surface area contributed by atoms with E-state index in [1.165, 1.54) is 51.4 Å². The van der Waals surface area contributed by atoms with Gasteiger partial charge >= 0.3 is 17.9 Å². The number of ether oxygens (including phenoxy) is 4. The van der Waals surface area contributed by atoms with Gasteiger partial charge in [-0.25, -0.2) is 4.79 Å². The monoisotopic (exact) mass is 1180 g/mol. The maximum absolute atomic E-state index is 12.9. The highest BCUT2D eigenvalue weighted by atomic mass is 16.7. The van der Waals surface area contributed by atoms with Crippen LogP contribution < -0.4 is 0 Å². The molecule has 0 aliphatic heterocycles. The fourth-order valence-electron chi connectivity index (χ4n) is 8.44. The molecule has 0 radical (unpaired) electrons. The number of rotatable bonds is 59. The highest BCUT2D eigenvalue weighted by Crippen LogP contribution is 2.15. The van der Waals surface area contributed by atoms with Crippen LogP contribution in [-0.4, -0.2) is 87.4 Å². The van der Waals surface area contributed by atoms with Crippen LogP contribution in [0.15, 0.2) is 170 Å². The maximum atomic E-state index is 12.9. The second kappa shape index (κ2) is 64.6. The molecule has 0 rings (SSSR count). The molecule has 0 saturated heterocycles. The Labute approximate surface area is 520 Å². The summed E-state index contributed by atoms with van der Waals surface area (Å²) in [5, 5.41) is 9.74. The van der Waals surface area contributed by atoms with Crippen molar-refractivity contribution in [2.75, 3.05) is 47.5 Å². The quantitative estimate of drug-likeness (QED) is 0.0211. The zero-order valence-corrected chi connectivity index (χ0v) is 54.4. The van der Waals surface area contributed by atoms with Crippen molar-refractivity contribution < 1.29 is 42.9 Å². The van der Waals surface area contributed by atoms with Crippen molar-refractivity contribution in [1.82, 2.24) is 0 Å². The Hall–Kier alpha value is -5.35. The molecule has 0 fully saturated rings. The van der Waals surface area contributed by atoms with Gasteiger partial charge in [0.1, 0.15) is 13.2 Å². The van der Waals surface area contributed by atoms with E-state index in [9.17, 15) is 19.5 Å². The first-order valence-corrected chi connectivity index (χ1v) is 33.3. The standard InChI is InChI=1S/C76H121NO8/c1-6-8-10-12-14-16-18-20-22-24-26-28-30-32-34-36-37-39-41-43-45-47-49-51-53-55-57-59-61-63-65-67-74(79)85-72(71-84-76(75(80)81)82-69-68-77(3,4)5)70-83-73(78)66-64-62-60-58-56-54-52-50-48-46-44-42-40-38-35-33-31-29-27-25-23-21-19-17-15-13-11-9-7-2/h8-11,14-17,20-23,26-29,32-35,37,39-40,42-43,45-46,48,72,76H,6-7,12-13,18-19,24-25,30-31,36,38,41,44,47,49-71H2,1-5H3/p+1/b10-8-,11-9-,16-14-,17-15-,22-20-,23-21-,28-26-,29-27-,34-32-,35-33-,39-37-,42-40-,45-43-,48-46-. The van der Waals surface area contributed by atoms with Crippen molar-refractivity contribution in [2.24, 2.45) is 0 Å². The van der Waals surface area contributed by atoms with Crippen LogP contribution in [0.25, 0.3) is 0 Å². The molecule has 1 N–H and O–H groups in total. The minimum atomic E-state index is -1.53. The van der Waals surface area contributed by atoms with E-state index in [0.717, 1.165) is 148 Å². The largest absolute Gasteiger partial charge is 0.477 e. The number of quaternary nitrogens is 1. The van der Waals surface area contributed by atoms with Crippen LogP contribution in [-0.2, 0) is 33.3 Å². The van der Waals surface area contributed by atoms with Crippen LogP contribution in [0.1, 0.15) is 232 Å². The fourth-order valence-corrected chi connectivity index (χ4v) is 8.44. The lowest BCUT2D eigenvalue weighted by atomic mass is 10.1. The molecule has 9 nitrogen and oxygen atoms in total. The molecule has 0 saturated carbocycles. The molecule has 0 aromatic carbocycles. The summed E-state index contributed by atoms with van der Waals surface area (Å²) in [4.78, 5) is 37.6. The number of carboxylic acids is 1. The van der Waals surface area contributed by atoms with Gasteiger partial charge in [0, 0.05) is 12.8 Å². The first kappa shape index (κ1) is 79.7. The molecule has 2 atom stereocenters. The fraction of sp³-hybridized carbons (Fsp3) is 0.592. The van der Waals surface area contributed by atoms with E-state index in [0.29, 0.717) is 17.4 Å². The minimum Gasteiger partial charge on any atom is -0.477 e. The van der Waals surface area contributed by atoms with Gasteiger partial charge in [0.15, 0.2) is 6.10 Å². The van der Waals surface area contributed by atoms with Crippen LogP contribution in [0.5, 0.6) is 0 Å². The predicted molar refractivity (Wildman–Crippen MR) is 363 cm³/mol. The van der Waals surface area contributed by atoms with E-state index in [1.807, 2.05) is 21.1 Å². The number of esters is 2. The minimum absolute atomic E-state index is 0.175. The normalized spacial score (nSPS) is 13.8. The molecule has 85 heavy (non-hydrogen) atoms. The van der Waals surface area contributed by atoms with Gasteiger partial charge in [-0.15, -0.1) is 0 Å². The van der Waals surface area contributed by atoms with Crippen LogP contribution in [0, 0.1) is 0 Å². The SMILES string of the molecule is CC/C=C\C/C=C\C/C=C\C/C=C\C/C=C\C/C=C\C/C=C\CCCCCCCCCCCC(=O)OC(COC(=O)CCCCCCCCC/C=C\C/C=C\C/C=C\C/C=C\C/C=C\C/C=C\C/C=C\CC)COC(OCC[N+](C)(C)C)C(=O)O. The number of carbonyl (C=O) groups is 3. The average Bonchev–Trinajstić information content (AvgIpc) is 3.49. The van der Waals surface area contributed by atoms with E-state index >= 15 is 0 Å². The van der Waals surface area contributed by atoms with Crippen molar-refractivity contribution >= 4 is 17.9 Å². The van der Waals surface area contributed by atoms with Crippen molar-refractivity contribution in [3.05, 3.63) is 170 Å². The van der Waals surface area contributed by atoms with Gasteiger partial charge in [0.2, 0.25) is 0 Å². The second-order valence-electron chi connectivity index (χ2n) is 22.7. The Morgan fingerprint density at radius 3 is 0.941 bits per heavy atom. The lowest BCUT2D eigenvalue weighted by Gasteiger charge is -2.25. The van der Waals surface area contributed by atoms with E-state index in [-0.39, 0.29) is 38.6 Å². The smallest absolute Gasteiger partial charge is 0.361 e. The van der Waals surface area contributed by atoms with Crippen molar-refractivity contribution in [3.8, 4) is 0 Å². The summed E-state index contributed by atoms with van der Waals surface area (Å²) in [6.07, 6.45) is 94.4. The van der Waals surface area contributed by atoms with Crippen LogP contribution >= 0.6 is 0 Å². The highest BCUT2D eigenvalue weighted by Gasteiger charge is 2.25. The van der Waals surface area contributed by atoms with E-state index < -0.39 is 24.3 Å². The zero-order valence-electron chi connectivity index (χ0n) is 54.4. The average molecular weight is 1180 g/mol. The number of likely N-dealkylation sites (N-methyl/N-ethyl adjacent to an activating group) is 1. The predicted octanol–water partition coefficient (Wildman–Crippen LogP) is 20.7. The topological polar surface area (TPSA) is 108 Å². The number of carbonyl (C=O) groups excluding carboxylic acids is 2. The number of hydrogen-bond acceptors (Lipinski definition) is 7. The number of allylic oxidation sites excluding steroid dienone is 28. The summed E-state index contributed by atoms with van der Waals surface area (Å²) >= 11 is 0. The summed E-state index contributed by atoms with van der Waals surface area (Å²) in [7, 11) is 5.96. The molecule has 9 heteroatoms. The number of hydrogen-bond donors (Lipinski definition) is 1. The van der Waals surface area contributed by atoms with E-state index in [4.69, 9.17) is 18.9 Å². The summed E-state index contributed by atoms with van der Waals surface area (Å²) < 4.78 is 22.9. The molecular weight excluding hydrogens is 1050 g/mol. The van der Waals surface area contributed by atoms with Gasteiger partial charge in [-0.05, 0) is 128 Å². The number of carboxylic acid groups (broad SMARTS) is 1. The summed E-state index contributed by atoms with van der Waals surface area (Å²) in [6, 6.07) is 0. The maximum Gasteiger partial charge on any atom is 0.361 e. The first-order chi connectivity index (χ1) is 41.6. The number of unbranched alkanes of at least 4 members (excludes halogenated alkanes) is 16. The third-order valence-electron chi connectivity index (χ3n) is 13.5. The summed E-state index contributed by atoms with van der Waals surface area (Å²) in [5.74, 6) is -2.05. The third-order valence-corrected chi connectivity index (χ3v) is 13.5. The molecular formula is C76H122NO8+. The van der Waals surface area contributed by atoms with Gasteiger partial charge < -0.3 is 28.5 Å². The van der Waals surface area contributed by atoms with Crippen LogP contribution in [0.4, 0.5) is 0 Å². The number of nitrogens with zero attached hydrogens (tertiary/aromatic N) is 1. The second-order valence-corrected chi connectivity index (χ2v) is 22.7. The highest BCUT2D eigenvalue weighted by molar-refractivity contribution is 5.71. The number of aliphatic carboxylic acids is 1.